The third kappa shape index (κ3) is 4.13. The minimum absolute atomic E-state index is 0.00104. The molecule has 0 aromatic carbocycles. The first-order valence-electron chi connectivity index (χ1n) is 6.99. The molecular weight excluding hydrogens is 298 g/mol. The van der Waals surface area contributed by atoms with Crippen LogP contribution in [0.3, 0.4) is 0 Å². The number of rotatable bonds is 4. The molecule has 8 nitrogen and oxygen atoms in total. The number of hydrogen-bond acceptors (Lipinski definition) is 8. The summed E-state index contributed by atoms with van der Waals surface area (Å²) in [6.07, 6.45) is 0.00104. The van der Waals surface area contributed by atoms with Gasteiger partial charge in [0.25, 0.3) is 0 Å². The molecule has 0 bridgehead atoms. The smallest absolute Gasteiger partial charge is 0.231 e. The average molecular weight is 316 g/mol. The SMILES string of the molecule is Clc1nc(NCC2COCCO2)nc(N2CCOCC2)n1. The van der Waals surface area contributed by atoms with Crippen molar-refractivity contribution in [3.63, 3.8) is 0 Å². The lowest BCUT2D eigenvalue weighted by molar-refractivity contribution is -0.0819. The third-order valence-corrected chi connectivity index (χ3v) is 3.43. The van der Waals surface area contributed by atoms with E-state index in [1.54, 1.807) is 0 Å². The zero-order chi connectivity index (χ0) is 14.5. The van der Waals surface area contributed by atoms with Crippen LogP contribution in [0.2, 0.25) is 5.28 Å². The summed E-state index contributed by atoms with van der Waals surface area (Å²) < 4.78 is 16.2. The van der Waals surface area contributed by atoms with Gasteiger partial charge >= 0.3 is 0 Å². The van der Waals surface area contributed by atoms with Crippen molar-refractivity contribution in [1.29, 1.82) is 0 Å². The van der Waals surface area contributed by atoms with Crippen molar-refractivity contribution in [3.8, 4) is 0 Å². The van der Waals surface area contributed by atoms with Crippen LogP contribution in [0.1, 0.15) is 0 Å². The molecule has 2 aliphatic heterocycles. The predicted molar refractivity (Wildman–Crippen MR) is 76.9 cm³/mol. The van der Waals surface area contributed by atoms with Gasteiger partial charge in [-0.15, -0.1) is 0 Å². The maximum Gasteiger partial charge on any atom is 0.231 e. The van der Waals surface area contributed by atoms with Gasteiger partial charge in [0.1, 0.15) is 0 Å². The van der Waals surface area contributed by atoms with Gasteiger partial charge in [0.2, 0.25) is 17.2 Å². The zero-order valence-corrected chi connectivity index (χ0v) is 12.4. The highest BCUT2D eigenvalue weighted by atomic mass is 35.5. The molecule has 1 aromatic rings. The molecule has 0 spiro atoms. The van der Waals surface area contributed by atoms with Crippen molar-refractivity contribution in [2.75, 3.05) is 62.9 Å². The van der Waals surface area contributed by atoms with Crippen LogP contribution in [0, 0.1) is 0 Å². The van der Waals surface area contributed by atoms with Gasteiger partial charge in [-0.1, -0.05) is 0 Å². The number of ether oxygens (including phenoxy) is 3. The first kappa shape index (κ1) is 14.7. The van der Waals surface area contributed by atoms with Crippen molar-refractivity contribution in [1.82, 2.24) is 15.0 Å². The number of hydrogen-bond donors (Lipinski definition) is 1. The fourth-order valence-corrected chi connectivity index (χ4v) is 2.34. The predicted octanol–water partition coefficient (Wildman–Crippen LogP) is 0.189. The Balaban J connectivity index is 1.62. The summed E-state index contributed by atoms with van der Waals surface area (Å²) in [6.45, 7) is 5.24. The first-order chi connectivity index (χ1) is 10.3. The van der Waals surface area contributed by atoms with Crippen LogP contribution in [0.4, 0.5) is 11.9 Å². The van der Waals surface area contributed by atoms with Gasteiger partial charge < -0.3 is 24.4 Å². The standard InChI is InChI=1S/C12H18ClN5O3/c13-10-15-11(14-7-9-8-20-5-6-21-9)17-12(16-10)18-1-3-19-4-2-18/h9H,1-8H2,(H,14,15,16,17). The minimum Gasteiger partial charge on any atom is -0.378 e. The van der Waals surface area contributed by atoms with E-state index in [2.05, 4.69) is 20.3 Å². The van der Waals surface area contributed by atoms with E-state index in [1.165, 1.54) is 0 Å². The van der Waals surface area contributed by atoms with E-state index in [0.29, 0.717) is 51.5 Å². The van der Waals surface area contributed by atoms with Crippen LogP contribution in [0.15, 0.2) is 0 Å². The summed E-state index contributed by atoms with van der Waals surface area (Å²) >= 11 is 5.97. The van der Waals surface area contributed by atoms with Gasteiger partial charge in [0.15, 0.2) is 0 Å². The summed E-state index contributed by atoms with van der Waals surface area (Å²) in [5.74, 6) is 1.02. The van der Waals surface area contributed by atoms with E-state index in [4.69, 9.17) is 25.8 Å². The highest BCUT2D eigenvalue weighted by Crippen LogP contribution is 2.15. The van der Waals surface area contributed by atoms with E-state index >= 15 is 0 Å². The number of nitrogens with one attached hydrogen (secondary N) is 1. The number of halogens is 1. The maximum atomic E-state index is 5.97. The monoisotopic (exact) mass is 315 g/mol. The molecule has 2 saturated heterocycles. The second-order valence-electron chi connectivity index (χ2n) is 4.78. The Morgan fingerprint density at radius 2 is 1.95 bits per heavy atom. The third-order valence-electron chi connectivity index (χ3n) is 3.26. The van der Waals surface area contributed by atoms with Crippen LogP contribution in [-0.2, 0) is 14.2 Å². The topological polar surface area (TPSA) is 81.6 Å². The van der Waals surface area contributed by atoms with Gasteiger partial charge in [0.05, 0.1) is 39.1 Å². The number of nitrogens with zero attached hydrogens (tertiary/aromatic N) is 4. The Labute approximate surface area is 127 Å². The Morgan fingerprint density at radius 1 is 1.10 bits per heavy atom. The Bertz CT molecular complexity index is 466. The van der Waals surface area contributed by atoms with Gasteiger partial charge in [0, 0.05) is 19.6 Å². The molecule has 1 unspecified atom stereocenters. The van der Waals surface area contributed by atoms with E-state index in [-0.39, 0.29) is 11.4 Å². The molecule has 3 heterocycles. The van der Waals surface area contributed by atoms with Crippen molar-refractivity contribution in [2.24, 2.45) is 0 Å². The molecule has 3 rings (SSSR count). The molecule has 0 amide bonds. The van der Waals surface area contributed by atoms with Crippen molar-refractivity contribution in [3.05, 3.63) is 5.28 Å². The molecule has 21 heavy (non-hydrogen) atoms. The van der Waals surface area contributed by atoms with Crippen LogP contribution in [0.5, 0.6) is 0 Å². The normalized spacial score (nSPS) is 23.1. The number of morpholine rings is 1. The summed E-state index contributed by atoms with van der Waals surface area (Å²) in [6, 6.07) is 0. The quantitative estimate of drug-likeness (QED) is 0.843. The molecule has 1 atom stereocenters. The highest BCUT2D eigenvalue weighted by Gasteiger charge is 2.18. The largest absolute Gasteiger partial charge is 0.378 e. The molecule has 116 valence electrons. The lowest BCUT2D eigenvalue weighted by Crippen LogP contribution is -2.38. The van der Waals surface area contributed by atoms with Gasteiger partial charge in [-0.05, 0) is 11.6 Å². The zero-order valence-electron chi connectivity index (χ0n) is 11.6. The molecular formula is C12H18ClN5O3. The molecule has 9 heteroatoms. The summed E-state index contributed by atoms with van der Waals surface area (Å²) in [7, 11) is 0. The number of anilines is 2. The second kappa shape index (κ2) is 7.17. The molecule has 0 radical (unpaired) electrons. The number of aromatic nitrogens is 3. The average Bonchev–Trinajstić information content (AvgIpc) is 2.54. The Kier molecular flexibility index (Phi) is 5.02. The van der Waals surface area contributed by atoms with Crippen molar-refractivity contribution in [2.45, 2.75) is 6.10 Å². The molecule has 1 N–H and O–H groups in total. The second-order valence-corrected chi connectivity index (χ2v) is 5.11. The highest BCUT2D eigenvalue weighted by molar-refractivity contribution is 6.28. The fourth-order valence-electron chi connectivity index (χ4n) is 2.18. The first-order valence-corrected chi connectivity index (χ1v) is 7.36. The molecule has 1 aromatic heterocycles. The fraction of sp³-hybridized carbons (Fsp3) is 0.750. The van der Waals surface area contributed by atoms with Gasteiger partial charge in [-0.25, -0.2) is 0 Å². The van der Waals surface area contributed by atoms with E-state index in [0.717, 1.165) is 13.1 Å². The molecule has 2 fully saturated rings. The van der Waals surface area contributed by atoms with E-state index in [1.807, 2.05) is 4.90 Å². The molecule has 0 saturated carbocycles. The Hall–Kier alpha value is -1.22. The van der Waals surface area contributed by atoms with Crippen LogP contribution in [-0.4, -0.2) is 73.7 Å². The molecule has 2 aliphatic rings. The summed E-state index contributed by atoms with van der Waals surface area (Å²) in [5, 5.41) is 3.30. The molecule has 0 aliphatic carbocycles. The van der Waals surface area contributed by atoms with Crippen LogP contribution < -0.4 is 10.2 Å². The Morgan fingerprint density at radius 3 is 2.71 bits per heavy atom. The van der Waals surface area contributed by atoms with Gasteiger partial charge in [-0.3, -0.25) is 0 Å². The minimum atomic E-state index is 0.00104. The van der Waals surface area contributed by atoms with E-state index in [9.17, 15) is 0 Å². The van der Waals surface area contributed by atoms with Crippen molar-refractivity contribution >= 4 is 23.5 Å². The van der Waals surface area contributed by atoms with Crippen LogP contribution in [0.25, 0.3) is 0 Å². The maximum absolute atomic E-state index is 5.97. The lowest BCUT2D eigenvalue weighted by Gasteiger charge is -2.27. The van der Waals surface area contributed by atoms with Gasteiger partial charge in [-0.2, -0.15) is 15.0 Å². The lowest BCUT2D eigenvalue weighted by atomic mass is 10.3. The summed E-state index contributed by atoms with van der Waals surface area (Å²) in [5.41, 5.74) is 0. The van der Waals surface area contributed by atoms with Crippen molar-refractivity contribution < 1.29 is 14.2 Å². The van der Waals surface area contributed by atoms with Crippen LogP contribution >= 0.6 is 11.6 Å². The summed E-state index contributed by atoms with van der Waals surface area (Å²) in [4.78, 5) is 14.7. The van der Waals surface area contributed by atoms with E-state index < -0.39 is 0 Å².